The van der Waals surface area contributed by atoms with Gasteiger partial charge in [-0.15, -0.1) is 0 Å². The van der Waals surface area contributed by atoms with Crippen LogP contribution in [0.1, 0.15) is 21.9 Å². The molecule has 0 bridgehead atoms. The zero-order valence-corrected chi connectivity index (χ0v) is 22.1. The van der Waals surface area contributed by atoms with Crippen LogP contribution in [0.4, 0.5) is 11.4 Å². The van der Waals surface area contributed by atoms with E-state index in [-0.39, 0.29) is 11.8 Å². The molecule has 38 heavy (non-hydrogen) atoms. The maximum Gasteiger partial charge on any atom is 0.289 e. The summed E-state index contributed by atoms with van der Waals surface area (Å²) in [7, 11) is 0. The van der Waals surface area contributed by atoms with Crippen molar-refractivity contribution in [2.24, 2.45) is 0 Å². The monoisotopic (exact) mass is 549 g/mol. The molecular formula is C29H25Cl2N3O4. The molecule has 0 radical (unpaired) electrons. The van der Waals surface area contributed by atoms with Crippen molar-refractivity contribution >= 4 is 52.5 Å². The number of hydrogen-bond donors (Lipinski definition) is 1. The summed E-state index contributed by atoms with van der Waals surface area (Å²) in [5.74, 6) is 1.13. The number of hydrogen-bond acceptors (Lipinski definition) is 5. The van der Waals surface area contributed by atoms with Crippen LogP contribution in [-0.4, -0.2) is 42.9 Å². The summed E-state index contributed by atoms with van der Waals surface area (Å²) in [5, 5.41) is 4.01. The van der Waals surface area contributed by atoms with Gasteiger partial charge in [0.25, 0.3) is 5.91 Å². The molecule has 7 nitrogen and oxygen atoms in total. The Labute approximate surface area is 230 Å². The van der Waals surface area contributed by atoms with Gasteiger partial charge < -0.3 is 24.0 Å². The van der Waals surface area contributed by atoms with Gasteiger partial charge in [-0.2, -0.15) is 0 Å². The summed E-state index contributed by atoms with van der Waals surface area (Å²) in [5.41, 5.74) is 3.29. The topological polar surface area (TPSA) is 78.9 Å². The highest BCUT2D eigenvalue weighted by Crippen LogP contribution is 2.30. The van der Waals surface area contributed by atoms with E-state index in [4.69, 9.17) is 32.0 Å². The number of nitrogens with one attached hydrogen (secondary N) is 1. The molecule has 0 spiro atoms. The van der Waals surface area contributed by atoms with Gasteiger partial charge >= 0.3 is 0 Å². The number of rotatable bonds is 6. The Kier molecular flexibility index (Phi) is 7.58. The van der Waals surface area contributed by atoms with Crippen molar-refractivity contribution < 1.29 is 18.4 Å². The molecule has 4 aromatic rings. The predicted molar refractivity (Wildman–Crippen MR) is 150 cm³/mol. The molecule has 2 aromatic carbocycles. The highest BCUT2D eigenvalue weighted by molar-refractivity contribution is 6.33. The normalized spacial score (nSPS) is 13.8. The molecule has 2 amide bonds. The number of benzene rings is 2. The molecule has 1 fully saturated rings. The van der Waals surface area contributed by atoms with E-state index in [1.807, 2.05) is 37.3 Å². The summed E-state index contributed by atoms with van der Waals surface area (Å²) in [6, 6.07) is 18.1. The fourth-order valence-electron chi connectivity index (χ4n) is 4.23. The van der Waals surface area contributed by atoms with Gasteiger partial charge in [0.1, 0.15) is 11.5 Å². The van der Waals surface area contributed by atoms with E-state index >= 15 is 0 Å². The van der Waals surface area contributed by atoms with Crippen LogP contribution in [0.5, 0.6) is 0 Å². The largest absolute Gasteiger partial charge is 0.459 e. The van der Waals surface area contributed by atoms with Crippen LogP contribution in [-0.2, 0) is 4.79 Å². The summed E-state index contributed by atoms with van der Waals surface area (Å²) in [6.07, 6.45) is 4.51. The maximum atomic E-state index is 12.5. The van der Waals surface area contributed by atoms with Crippen molar-refractivity contribution in [2.45, 2.75) is 6.92 Å². The highest BCUT2D eigenvalue weighted by atomic mass is 35.5. The number of furan rings is 2. The zero-order valence-electron chi connectivity index (χ0n) is 20.6. The lowest BCUT2D eigenvalue weighted by atomic mass is 10.1. The lowest BCUT2D eigenvalue weighted by Crippen LogP contribution is -2.48. The molecule has 3 heterocycles. The Hall–Kier alpha value is -3.94. The molecule has 0 aliphatic carbocycles. The van der Waals surface area contributed by atoms with Crippen molar-refractivity contribution in [3.8, 4) is 11.3 Å². The fourth-order valence-corrected chi connectivity index (χ4v) is 4.71. The van der Waals surface area contributed by atoms with Gasteiger partial charge in [-0.1, -0.05) is 35.3 Å². The molecule has 0 unspecified atom stereocenters. The fraction of sp³-hybridized carbons (Fsp3) is 0.172. The second kappa shape index (κ2) is 11.2. The Morgan fingerprint density at radius 3 is 2.47 bits per heavy atom. The van der Waals surface area contributed by atoms with Crippen LogP contribution in [0.2, 0.25) is 10.0 Å². The number of anilines is 2. The number of aryl methyl sites for hydroxylation is 1. The molecule has 1 N–H and O–H groups in total. The molecule has 2 aromatic heterocycles. The van der Waals surface area contributed by atoms with E-state index in [0.717, 1.165) is 16.8 Å². The second-order valence-electron chi connectivity index (χ2n) is 8.91. The van der Waals surface area contributed by atoms with Crippen LogP contribution < -0.4 is 10.2 Å². The quantitative estimate of drug-likeness (QED) is 0.268. The molecule has 1 saturated heterocycles. The minimum absolute atomic E-state index is 0.114. The van der Waals surface area contributed by atoms with Gasteiger partial charge in [0.2, 0.25) is 5.91 Å². The minimum atomic E-state index is -0.310. The van der Waals surface area contributed by atoms with E-state index in [1.165, 1.54) is 12.3 Å². The first-order valence-corrected chi connectivity index (χ1v) is 12.9. The SMILES string of the molecule is Cc1ccc(-c2ccc(/C=C/C(=O)Nc3ccc(N4CCN(C(=O)c5ccco5)CC4)c(Cl)c3)o2)cc1Cl. The molecule has 0 atom stereocenters. The van der Waals surface area contributed by atoms with E-state index in [1.54, 1.807) is 41.3 Å². The Morgan fingerprint density at radius 2 is 1.76 bits per heavy atom. The number of halogens is 2. The molecule has 0 saturated carbocycles. The van der Waals surface area contributed by atoms with Crippen molar-refractivity contribution in [3.05, 3.63) is 100 Å². The number of amides is 2. The standard InChI is InChI=1S/C29H25Cl2N3O4/c1-19-4-5-20(17-23(19)30)26-10-7-22(38-26)8-11-28(35)32-21-6-9-25(24(31)18-21)33-12-14-34(15-13-33)29(36)27-3-2-16-37-27/h2-11,16-18H,12-15H2,1H3,(H,32,35)/b11-8+. The maximum absolute atomic E-state index is 12.5. The third-order valence-electron chi connectivity index (χ3n) is 6.34. The van der Waals surface area contributed by atoms with Crippen LogP contribution in [0.3, 0.4) is 0 Å². The summed E-state index contributed by atoms with van der Waals surface area (Å²) < 4.78 is 11.0. The van der Waals surface area contributed by atoms with Crippen LogP contribution in [0.25, 0.3) is 17.4 Å². The van der Waals surface area contributed by atoms with Crippen molar-refractivity contribution in [3.63, 3.8) is 0 Å². The van der Waals surface area contributed by atoms with E-state index in [0.29, 0.717) is 59.2 Å². The lowest BCUT2D eigenvalue weighted by molar-refractivity contribution is -0.111. The molecule has 5 rings (SSSR count). The Bertz CT molecular complexity index is 1490. The van der Waals surface area contributed by atoms with E-state index < -0.39 is 0 Å². The highest BCUT2D eigenvalue weighted by Gasteiger charge is 2.24. The van der Waals surface area contributed by atoms with Gasteiger partial charge in [-0.25, -0.2) is 0 Å². The van der Waals surface area contributed by atoms with Gasteiger partial charge in [-0.05, 0) is 67.1 Å². The number of carbonyl (C=O) groups excluding carboxylic acids is 2. The van der Waals surface area contributed by atoms with Crippen LogP contribution in [0.15, 0.2) is 81.8 Å². The molecule has 1 aliphatic rings. The predicted octanol–water partition coefficient (Wildman–Crippen LogP) is 6.77. The third-order valence-corrected chi connectivity index (χ3v) is 7.05. The third kappa shape index (κ3) is 5.79. The van der Waals surface area contributed by atoms with Crippen molar-refractivity contribution in [2.75, 3.05) is 36.4 Å². The number of carbonyl (C=O) groups is 2. The Balaban J connectivity index is 1.16. The first kappa shape index (κ1) is 25.7. The molecule has 194 valence electrons. The lowest BCUT2D eigenvalue weighted by Gasteiger charge is -2.36. The first-order chi connectivity index (χ1) is 18.4. The molecule has 1 aliphatic heterocycles. The van der Waals surface area contributed by atoms with Crippen molar-refractivity contribution in [1.29, 1.82) is 0 Å². The van der Waals surface area contributed by atoms with Gasteiger partial charge in [0.15, 0.2) is 5.76 Å². The van der Waals surface area contributed by atoms with Gasteiger partial charge in [-0.3, -0.25) is 9.59 Å². The summed E-state index contributed by atoms with van der Waals surface area (Å²) >= 11 is 12.8. The van der Waals surface area contributed by atoms with Gasteiger partial charge in [0.05, 0.1) is 17.0 Å². The van der Waals surface area contributed by atoms with Gasteiger partial charge in [0, 0.05) is 48.5 Å². The van der Waals surface area contributed by atoms with Crippen LogP contribution >= 0.6 is 23.2 Å². The first-order valence-electron chi connectivity index (χ1n) is 12.1. The summed E-state index contributed by atoms with van der Waals surface area (Å²) in [6.45, 7) is 4.34. The van der Waals surface area contributed by atoms with Crippen molar-refractivity contribution in [1.82, 2.24) is 4.90 Å². The van der Waals surface area contributed by atoms with E-state index in [2.05, 4.69) is 10.2 Å². The number of nitrogens with zero attached hydrogens (tertiary/aromatic N) is 2. The minimum Gasteiger partial charge on any atom is -0.459 e. The second-order valence-corrected chi connectivity index (χ2v) is 9.73. The summed E-state index contributed by atoms with van der Waals surface area (Å²) in [4.78, 5) is 28.9. The average molecular weight is 550 g/mol. The average Bonchev–Trinajstić information content (AvgIpc) is 3.62. The molecular weight excluding hydrogens is 525 g/mol. The van der Waals surface area contributed by atoms with Crippen LogP contribution in [0, 0.1) is 6.92 Å². The van der Waals surface area contributed by atoms with E-state index in [9.17, 15) is 9.59 Å². The molecule has 9 heteroatoms. The number of piperazine rings is 1. The smallest absolute Gasteiger partial charge is 0.289 e. The Morgan fingerprint density at radius 1 is 0.947 bits per heavy atom. The zero-order chi connectivity index (χ0) is 26.6.